The van der Waals surface area contributed by atoms with Crippen LogP contribution < -0.4 is 9.80 Å². The SMILES string of the molecule is Cc1ccccc1CN1CCCC(N(C)c2nccc(N3CCOCC3)n2)C1. The first kappa shape index (κ1) is 19.2. The number of hydrogen-bond acceptors (Lipinski definition) is 6. The Hall–Kier alpha value is -2.18. The summed E-state index contributed by atoms with van der Waals surface area (Å²) < 4.78 is 5.46. The van der Waals surface area contributed by atoms with Crippen LogP contribution in [0.5, 0.6) is 0 Å². The largest absolute Gasteiger partial charge is 0.378 e. The fraction of sp³-hybridized carbons (Fsp3) is 0.545. The van der Waals surface area contributed by atoms with E-state index in [-0.39, 0.29) is 0 Å². The molecule has 2 aromatic rings. The van der Waals surface area contributed by atoms with E-state index in [9.17, 15) is 0 Å². The Labute approximate surface area is 168 Å². The third-order valence-corrected chi connectivity index (χ3v) is 5.96. The second kappa shape index (κ2) is 8.88. The Kier molecular flexibility index (Phi) is 6.07. The van der Waals surface area contributed by atoms with E-state index in [1.807, 2.05) is 12.3 Å². The zero-order chi connectivity index (χ0) is 19.3. The van der Waals surface area contributed by atoms with Gasteiger partial charge < -0.3 is 14.5 Å². The number of anilines is 2. The number of aromatic nitrogens is 2. The lowest BCUT2D eigenvalue weighted by Crippen LogP contribution is -2.47. The molecule has 2 aliphatic heterocycles. The molecule has 2 saturated heterocycles. The van der Waals surface area contributed by atoms with Crippen molar-refractivity contribution in [2.45, 2.75) is 32.4 Å². The molecule has 0 saturated carbocycles. The molecule has 4 rings (SSSR count). The Morgan fingerprint density at radius 1 is 1.14 bits per heavy atom. The molecule has 0 aliphatic carbocycles. The molecule has 0 amide bonds. The van der Waals surface area contributed by atoms with Crippen molar-refractivity contribution in [3.8, 4) is 0 Å². The lowest BCUT2D eigenvalue weighted by molar-refractivity contribution is 0.122. The van der Waals surface area contributed by atoms with Gasteiger partial charge in [0.25, 0.3) is 0 Å². The minimum atomic E-state index is 0.442. The van der Waals surface area contributed by atoms with E-state index in [0.717, 1.165) is 57.7 Å². The normalized spacial score (nSPS) is 20.9. The standard InChI is InChI=1S/C22H31N5O/c1-18-6-3-4-7-19(18)16-26-11-5-8-20(17-26)25(2)22-23-10-9-21(24-22)27-12-14-28-15-13-27/h3-4,6-7,9-10,20H,5,8,11-17H2,1-2H3. The first-order chi connectivity index (χ1) is 13.7. The van der Waals surface area contributed by atoms with E-state index in [4.69, 9.17) is 9.72 Å². The summed E-state index contributed by atoms with van der Waals surface area (Å²) >= 11 is 0. The Balaban J connectivity index is 1.42. The van der Waals surface area contributed by atoms with E-state index >= 15 is 0 Å². The van der Waals surface area contributed by atoms with Crippen LogP contribution in [0.15, 0.2) is 36.5 Å². The zero-order valence-electron chi connectivity index (χ0n) is 17.0. The quantitative estimate of drug-likeness (QED) is 0.794. The highest BCUT2D eigenvalue weighted by Gasteiger charge is 2.25. The monoisotopic (exact) mass is 381 g/mol. The van der Waals surface area contributed by atoms with Gasteiger partial charge in [-0.15, -0.1) is 0 Å². The van der Waals surface area contributed by atoms with Gasteiger partial charge in [0.05, 0.1) is 13.2 Å². The van der Waals surface area contributed by atoms with Crippen LogP contribution >= 0.6 is 0 Å². The molecular weight excluding hydrogens is 350 g/mol. The highest BCUT2D eigenvalue weighted by atomic mass is 16.5. The van der Waals surface area contributed by atoms with Crippen LogP contribution in [-0.2, 0) is 11.3 Å². The molecule has 0 radical (unpaired) electrons. The molecule has 1 aromatic heterocycles. The van der Waals surface area contributed by atoms with Crippen molar-refractivity contribution in [2.75, 3.05) is 56.2 Å². The molecule has 0 bridgehead atoms. The maximum absolute atomic E-state index is 5.46. The number of ether oxygens (including phenoxy) is 1. The molecule has 1 aromatic carbocycles. The van der Waals surface area contributed by atoms with Gasteiger partial charge in [0.1, 0.15) is 5.82 Å². The fourth-order valence-corrected chi connectivity index (χ4v) is 4.16. The summed E-state index contributed by atoms with van der Waals surface area (Å²) in [5.41, 5.74) is 2.80. The van der Waals surface area contributed by atoms with Crippen LogP contribution in [0.1, 0.15) is 24.0 Å². The van der Waals surface area contributed by atoms with Crippen molar-refractivity contribution < 1.29 is 4.74 Å². The maximum Gasteiger partial charge on any atom is 0.227 e. The number of aryl methyl sites for hydroxylation is 1. The molecule has 0 spiro atoms. The van der Waals surface area contributed by atoms with E-state index in [1.165, 1.54) is 24.0 Å². The topological polar surface area (TPSA) is 44.7 Å². The van der Waals surface area contributed by atoms with Gasteiger partial charge in [-0.2, -0.15) is 4.98 Å². The van der Waals surface area contributed by atoms with E-state index in [1.54, 1.807) is 0 Å². The highest BCUT2D eigenvalue weighted by molar-refractivity contribution is 5.44. The van der Waals surface area contributed by atoms with Crippen molar-refractivity contribution >= 4 is 11.8 Å². The second-order valence-electron chi connectivity index (χ2n) is 7.88. The van der Waals surface area contributed by atoms with Crippen LogP contribution in [0.3, 0.4) is 0 Å². The predicted molar refractivity (Wildman–Crippen MR) is 113 cm³/mol. The zero-order valence-corrected chi connectivity index (χ0v) is 17.0. The predicted octanol–water partition coefficient (Wildman–Crippen LogP) is 2.72. The molecule has 6 heteroatoms. The minimum absolute atomic E-state index is 0.442. The second-order valence-corrected chi connectivity index (χ2v) is 7.88. The van der Waals surface area contributed by atoms with Crippen LogP contribution in [-0.4, -0.2) is 67.4 Å². The van der Waals surface area contributed by atoms with Gasteiger partial charge in [-0.3, -0.25) is 4.90 Å². The van der Waals surface area contributed by atoms with Crippen molar-refractivity contribution in [3.63, 3.8) is 0 Å². The molecule has 3 heterocycles. The van der Waals surface area contributed by atoms with Gasteiger partial charge >= 0.3 is 0 Å². The number of rotatable bonds is 5. The van der Waals surface area contributed by atoms with Gasteiger partial charge in [-0.05, 0) is 43.5 Å². The summed E-state index contributed by atoms with van der Waals surface area (Å²) in [6.45, 7) is 8.77. The number of morpholine rings is 1. The molecule has 2 aliphatic rings. The fourth-order valence-electron chi connectivity index (χ4n) is 4.16. The van der Waals surface area contributed by atoms with Crippen molar-refractivity contribution in [1.29, 1.82) is 0 Å². The molecule has 1 unspecified atom stereocenters. The van der Waals surface area contributed by atoms with Crippen molar-refractivity contribution in [1.82, 2.24) is 14.9 Å². The van der Waals surface area contributed by atoms with Gasteiger partial charge in [0, 0.05) is 45.5 Å². The van der Waals surface area contributed by atoms with E-state index < -0.39 is 0 Å². The molecule has 28 heavy (non-hydrogen) atoms. The van der Waals surface area contributed by atoms with Gasteiger partial charge in [-0.1, -0.05) is 24.3 Å². The third kappa shape index (κ3) is 4.45. The Bertz CT molecular complexity index is 777. The maximum atomic E-state index is 5.46. The Morgan fingerprint density at radius 2 is 1.96 bits per heavy atom. The number of hydrogen-bond donors (Lipinski definition) is 0. The average Bonchev–Trinajstić information content (AvgIpc) is 2.76. The van der Waals surface area contributed by atoms with Gasteiger partial charge in [0.15, 0.2) is 0 Å². The third-order valence-electron chi connectivity index (χ3n) is 5.96. The van der Waals surface area contributed by atoms with Gasteiger partial charge in [-0.25, -0.2) is 4.98 Å². The lowest BCUT2D eigenvalue weighted by Gasteiger charge is -2.38. The first-order valence-corrected chi connectivity index (χ1v) is 10.4. The molecule has 1 atom stereocenters. The van der Waals surface area contributed by atoms with Crippen molar-refractivity contribution in [2.24, 2.45) is 0 Å². The Morgan fingerprint density at radius 3 is 2.79 bits per heavy atom. The number of likely N-dealkylation sites (N-methyl/N-ethyl adjacent to an activating group) is 1. The minimum Gasteiger partial charge on any atom is -0.378 e. The lowest BCUT2D eigenvalue weighted by atomic mass is 10.0. The van der Waals surface area contributed by atoms with Crippen molar-refractivity contribution in [3.05, 3.63) is 47.7 Å². The summed E-state index contributed by atoms with van der Waals surface area (Å²) in [5.74, 6) is 1.83. The van der Waals surface area contributed by atoms with Gasteiger partial charge in [0.2, 0.25) is 5.95 Å². The van der Waals surface area contributed by atoms with Crippen LogP contribution in [0.25, 0.3) is 0 Å². The summed E-state index contributed by atoms with van der Waals surface area (Å²) in [4.78, 5) is 16.6. The number of piperidine rings is 1. The summed E-state index contributed by atoms with van der Waals surface area (Å²) in [6.07, 6.45) is 4.29. The molecule has 6 nitrogen and oxygen atoms in total. The number of likely N-dealkylation sites (tertiary alicyclic amines) is 1. The van der Waals surface area contributed by atoms with Crippen LogP contribution in [0.4, 0.5) is 11.8 Å². The molecular formula is C22H31N5O. The molecule has 150 valence electrons. The molecule has 2 fully saturated rings. The number of nitrogens with zero attached hydrogens (tertiary/aromatic N) is 5. The smallest absolute Gasteiger partial charge is 0.227 e. The van der Waals surface area contributed by atoms with E-state index in [2.05, 4.69) is 57.9 Å². The highest BCUT2D eigenvalue weighted by Crippen LogP contribution is 2.22. The van der Waals surface area contributed by atoms with Crippen LogP contribution in [0.2, 0.25) is 0 Å². The summed E-state index contributed by atoms with van der Waals surface area (Å²) in [6, 6.07) is 11.2. The number of benzene rings is 1. The van der Waals surface area contributed by atoms with E-state index in [0.29, 0.717) is 6.04 Å². The summed E-state index contributed by atoms with van der Waals surface area (Å²) in [7, 11) is 2.14. The average molecular weight is 382 g/mol. The van der Waals surface area contributed by atoms with Crippen LogP contribution in [0, 0.1) is 6.92 Å². The molecule has 0 N–H and O–H groups in total. The summed E-state index contributed by atoms with van der Waals surface area (Å²) in [5, 5.41) is 0. The first-order valence-electron chi connectivity index (χ1n) is 10.4.